The van der Waals surface area contributed by atoms with Gasteiger partial charge in [0, 0.05) is 5.69 Å². The van der Waals surface area contributed by atoms with E-state index in [1.807, 2.05) is 24.3 Å². The molecule has 1 aromatic carbocycles. The summed E-state index contributed by atoms with van der Waals surface area (Å²) < 4.78 is 0. The summed E-state index contributed by atoms with van der Waals surface area (Å²) in [5.41, 5.74) is 2.19. The van der Waals surface area contributed by atoms with Crippen molar-refractivity contribution in [2.75, 3.05) is 5.32 Å². The van der Waals surface area contributed by atoms with Gasteiger partial charge in [-0.3, -0.25) is 4.79 Å². The highest BCUT2D eigenvalue weighted by atomic mass is 35.5. The number of rotatable bonds is 3. The summed E-state index contributed by atoms with van der Waals surface area (Å²) in [5.74, 6) is -0.302. The number of hydrogen-bond acceptors (Lipinski definition) is 3. The van der Waals surface area contributed by atoms with Gasteiger partial charge in [0.25, 0.3) is 5.91 Å². The van der Waals surface area contributed by atoms with E-state index in [4.69, 9.17) is 11.6 Å². The van der Waals surface area contributed by atoms with Crippen LogP contribution in [0.5, 0.6) is 0 Å². The van der Waals surface area contributed by atoms with Crippen LogP contribution in [0.2, 0.25) is 5.15 Å². The van der Waals surface area contributed by atoms with Crippen molar-refractivity contribution in [3.05, 3.63) is 53.1 Å². The Bertz CT molecular complexity index is 537. The van der Waals surface area contributed by atoms with Crippen LogP contribution in [0.4, 0.5) is 5.69 Å². The number of carbonyl (C=O) groups is 1. The number of aryl methyl sites for hydroxylation is 1. The number of halogens is 1. The molecule has 0 bridgehead atoms. The lowest BCUT2D eigenvalue weighted by Crippen LogP contribution is -2.13. The third-order valence-electron chi connectivity index (χ3n) is 2.47. The SMILES string of the molecule is CCc1ccc(NC(=O)c2cnc(Cl)cn2)cc1. The van der Waals surface area contributed by atoms with Gasteiger partial charge in [0.1, 0.15) is 10.8 Å². The highest BCUT2D eigenvalue weighted by Crippen LogP contribution is 2.11. The molecule has 0 fully saturated rings. The molecule has 0 atom stereocenters. The quantitative estimate of drug-likeness (QED) is 0.924. The summed E-state index contributed by atoms with van der Waals surface area (Å²) in [4.78, 5) is 19.5. The number of aromatic nitrogens is 2. The van der Waals surface area contributed by atoms with Gasteiger partial charge in [-0.25, -0.2) is 9.97 Å². The molecule has 5 heteroatoms. The Labute approximate surface area is 110 Å². The minimum atomic E-state index is -0.302. The van der Waals surface area contributed by atoms with Gasteiger partial charge in [0.05, 0.1) is 12.4 Å². The zero-order chi connectivity index (χ0) is 13.0. The Morgan fingerprint density at radius 3 is 2.50 bits per heavy atom. The molecule has 1 aromatic heterocycles. The van der Waals surface area contributed by atoms with Crippen LogP contribution in [-0.4, -0.2) is 15.9 Å². The predicted molar refractivity (Wildman–Crippen MR) is 70.8 cm³/mol. The van der Waals surface area contributed by atoms with Crippen LogP contribution >= 0.6 is 11.6 Å². The normalized spacial score (nSPS) is 10.1. The van der Waals surface area contributed by atoms with Crippen molar-refractivity contribution in [2.45, 2.75) is 13.3 Å². The topological polar surface area (TPSA) is 54.9 Å². The molecular formula is C13H12ClN3O. The standard InChI is InChI=1S/C13H12ClN3O/c1-2-9-3-5-10(6-4-9)17-13(18)11-7-16-12(14)8-15-11/h3-8H,2H2,1H3,(H,17,18). The molecule has 0 radical (unpaired) electrons. The highest BCUT2D eigenvalue weighted by molar-refractivity contribution is 6.29. The average Bonchev–Trinajstić information content (AvgIpc) is 2.40. The number of hydrogen-bond donors (Lipinski definition) is 1. The molecule has 2 aromatic rings. The molecule has 0 aliphatic carbocycles. The Morgan fingerprint density at radius 1 is 1.22 bits per heavy atom. The first-order valence-corrected chi connectivity index (χ1v) is 5.94. The summed E-state index contributed by atoms with van der Waals surface area (Å²) in [5, 5.41) is 3.01. The number of nitrogens with one attached hydrogen (secondary N) is 1. The second-order valence-electron chi connectivity index (χ2n) is 3.73. The molecule has 18 heavy (non-hydrogen) atoms. The summed E-state index contributed by atoms with van der Waals surface area (Å²) in [6.07, 6.45) is 3.66. The number of nitrogens with zero attached hydrogens (tertiary/aromatic N) is 2. The fourth-order valence-electron chi connectivity index (χ4n) is 1.45. The summed E-state index contributed by atoms with van der Waals surface area (Å²) in [6, 6.07) is 7.67. The van der Waals surface area contributed by atoms with Crippen molar-refractivity contribution in [3.63, 3.8) is 0 Å². The van der Waals surface area contributed by atoms with E-state index in [-0.39, 0.29) is 16.8 Å². The van der Waals surface area contributed by atoms with Gasteiger partial charge in [0.2, 0.25) is 0 Å². The molecule has 1 N–H and O–H groups in total. The summed E-state index contributed by atoms with van der Waals surface area (Å²) in [7, 11) is 0. The van der Waals surface area contributed by atoms with Crippen molar-refractivity contribution in [1.82, 2.24) is 9.97 Å². The predicted octanol–water partition coefficient (Wildman–Crippen LogP) is 2.94. The molecule has 0 unspecified atom stereocenters. The van der Waals surface area contributed by atoms with Crippen LogP contribution in [0, 0.1) is 0 Å². The van der Waals surface area contributed by atoms with E-state index in [2.05, 4.69) is 22.2 Å². The van der Waals surface area contributed by atoms with E-state index in [0.29, 0.717) is 0 Å². The first-order chi connectivity index (χ1) is 8.69. The second kappa shape index (κ2) is 5.60. The molecule has 0 aliphatic heterocycles. The maximum absolute atomic E-state index is 11.8. The first-order valence-electron chi connectivity index (χ1n) is 5.57. The number of anilines is 1. The van der Waals surface area contributed by atoms with Crippen LogP contribution < -0.4 is 5.32 Å². The smallest absolute Gasteiger partial charge is 0.275 e. The number of benzene rings is 1. The van der Waals surface area contributed by atoms with Gasteiger partial charge in [0.15, 0.2) is 0 Å². The van der Waals surface area contributed by atoms with Gasteiger partial charge < -0.3 is 5.32 Å². The van der Waals surface area contributed by atoms with E-state index >= 15 is 0 Å². The van der Waals surface area contributed by atoms with E-state index < -0.39 is 0 Å². The van der Waals surface area contributed by atoms with E-state index in [1.165, 1.54) is 18.0 Å². The minimum absolute atomic E-state index is 0.235. The lowest BCUT2D eigenvalue weighted by Gasteiger charge is -2.05. The van der Waals surface area contributed by atoms with Crippen LogP contribution in [0.1, 0.15) is 23.0 Å². The molecule has 4 nitrogen and oxygen atoms in total. The molecular weight excluding hydrogens is 250 g/mol. The zero-order valence-corrected chi connectivity index (χ0v) is 10.6. The summed E-state index contributed by atoms with van der Waals surface area (Å²) >= 11 is 5.60. The molecule has 2 rings (SSSR count). The maximum atomic E-state index is 11.8. The van der Waals surface area contributed by atoms with Crippen LogP contribution in [0.25, 0.3) is 0 Å². The Balaban J connectivity index is 2.08. The van der Waals surface area contributed by atoms with Gasteiger partial charge in [-0.2, -0.15) is 0 Å². The Morgan fingerprint density at radius 2 is 1.94 bits per heavy atom. The molecule has 0 spiro atoms. The average molecular weight is 262 g/mol. The van der Waals surface area contributed by atoms with Crippen molar-refractivity contribution >= 4 is 23.2 Å². The molecule has 0 aliphatic rings. The van der Waals surface area contributed by atoms with E-state index in [9.17, 15) is 4.79 Å². The van der Waals surface area contributed by atoms with Gasteiger partial charge in [-0.15, -0.1) is 0 Å². The monoisotopic (exact) mass is 261 g/mol. The van der Waals surface area contributed by atoms with E-state index in [0.717, 1.165) is 12.1 Å². The summed E-state index contributed by atoms with van der Waals surface area (Å²) in [6.45, 7) is 2.08. The number of carbonyl (C=O) groups excluding carboxylic acids is 1. The zero-order valence-electron chi connectivity index (χ0n) is 9.85. The largest absolute Gasteiger partial charge is 0.321 e. The first kappa shape index (κ1) is 12.5. The highest BCUT2D eigenvalue weighted by Gasteiger charge is 2.07. The third kappa shape index (κ3) is 3.05. The second-order valence-corrected chi connectivity index (χ2v) is 4.12. The molecule has 1 heterocycles. The fourth-order valence-corrected chi connectivity index (χ4v) is 1.55. The molecule has 0 saturated carbocycles. The lowest BCUT2D eigenvalue weighted by molar-refractivity contribution is 0.102. The Hall–Kier alpha value is -1.94. The van der Waals surface area contributed by atoms with Crippen LogP contribution in [0.3, 0.4) is 0 Å². The van der Waals surface area contributed by atoms with E-state index in [1.54, 1.807) is 0 Å². The third-order valence-corrected chi connectivity index (χ3v) is 2.67. The van der Waals surface area contributed by atoms with Crippen LogP contribution in [-0.2, 0) is 6.42 Å². The van der Waals surface area contributed by atoms with Crippen molar-refractivity contribution in [2.24, 2.45) is 0 Å². The minimum Gasteiger partial charge on any atom is -0.321 e. The maximum Gasteiger partial charge on any atom is 0.275 e. The lowest BCUT2D eigenvalue weighted by atomic mass is 10.1. The van der Waals surface area contributed by atoms with Crippen LogP contribution in [0.15, 0.2) is 36.7 Å². The van der Waals surface area contributed by atoms with Crippen molar-refractivity contribution in [1.29, 1.82) is 0 Å². The molecule has 1 amide bonds. The van der Waals surface area contributed by atoms with Gasteiger partial charge >= 0.3 is 0 Å². The van der Waals surface area contributed by atoms with Gasteiger partial charge in [-0.05, 0) is 24.1 Å². The van der Waals surface area contributed by atoms with Crippen molar-refractivity contribution in [3.8, 4) is 0 Å². The fraction of sp³-hybridized carbons (Fsp3) is 0.154. The Kier molecular flexibility index (Phi) is 3.89. The number of amides is 1. The van der Waals surface area contributed by atoms with Gasteiger partial charge in [-0.1, -0.05) is 30.7 Å². The van der Waals surface area contributed by atoms with Crippen molar-refractivity contribution < 1.29 is 4.79 Å². The molecule has 92 valence electrons. The molecule has 0 saturated heterocycles.